The Hall–Kier alpha value is -5.52. The number of hydrogen-bond acceptors (Lipinski definition) is 5. The van der Waals surface area contributed by atoms with Crippen molar-refractivity contribution in [3.63, 3.8) is 0 Å². The van der Waals surface area contributed by atoms with Crippen molar-refractivity contribution in [1.82, 2.24) is 0 Å². The van der Waals surface area contributed by atoms with Crippen molar-refractivity contribution >= 4 is 22.7 Å². The summed E-state index contributed by atoms with van der Waals surface area (Å²) in [7, 11) is 0. The van der Waals surface area contributed by atoms with Gasteiger partial charge in [-0.3, -0.25) is 0 Å². The zero-order valence-corrected chi connectivity index (χ0v) is 21.7. The first-order valence-electron chi connectivity index (χ1n) is 12.6. The van der Waals surface area contributed by atoms with Gasteiger partial charge in [0.1, 0.15) is 29.2 Å². The molecule has 0 atom stereocenters. The Labute approximate surface area is 229 Å². The monoisotopic (exact) mass is 506 g/mol. The summed E-state index contributed by atoms with van der Waals surface area (Å²) < 4.78 is 6.45. The van der Waals surface area contributed by atoms with Gasteiger partial charge in [-0.05, 0) is 62.4 Å². The van der Waals surface area contributed by atoms with E-state index in [1.54, 1.807) is 0 Å². The molecule has 0 amide bonds. The van der Waals surface area contributed by atoms with E-state index in [2.05, 4.69) is 12.1 Å². The standard InChI is InChI=1S/C34H26N4O/c1-25-33(37(28-15-7-3-8-16-28)29-17-9-4-10-18-29)32(27(23-35)24-36)34(26(2)39-25)38(30-19-11-5-12-20-30)31-21-13-6-14-22-31/h3-22H,1-2H3. The lowest BCUT2D eigenvalue weighted by Crippen LogP contribution is -2.30. The van der Waals surface area contributed by atoms with Crippen LogP contribution in [0, 0.1) is 22.7 Å². The number of anilines is 4. The van der Waals surface area contributed by atoms with Crippen LogP contribution in [0.1, 0.15) is 13.8 Å². The molecule has 0 saturated heterocycles. The van der Waals surface area contributed by atoms with Gasteiger partial charge < -0.3 is 14.5 Å². The molecule has 1 aliphatic heterocycles. The highest BCUT2D eigenvalue weighted by Gasteiger charge is 2.35. The molecule has 5 rings (SSSR count). The summed E-state index contributed by atoms with van der Waals surface area (Å²) in [5, 5.41) is 20.6. The molecule has 0 N–H and O–H groups in total. The molecule has 0 unspecified atom stereocenters. The van der Waals surface area contributed by atoms with E-state index in [4.69, 9.17) is 4.74 Å². The third-order valence-electron chi connectivity index (χ3n) is 6.43. The van der Waals surface area contributed by atoms with Crippen LogP contribution < -0.4 is 9.80 Å². The molecule has 0 spiro atoms. The average molecular weight is 507 g/mol. The van der Waals surface area contributed by atoms with Crippen molar-refractivity contribution in [3.8, 4) is 12.1 Å². The van der Waals surface area contributed by atoms with Crippen LogP contribution in [0.15, 0.2) is 155 Å². The molecule has 0 saturated carbocycles. The van der Waals surface area contributed by atoms with Crippen LogP contribution in [0.4, 0.5) is 22.7 Å². The first-order chi connectivity index (χ1) is 19.1. The van der Waals surface area contributed by atoms with Crippen LogP contribution in [0.25, 0.3) is 0 Å². The van der Waals surface area contributed by atoms with E-state index in [0.717, 1.165) is 22.7 Å². The van der Waals surface area contributed by atoms with Crippen LogP contribution >= 0.6 is 0 Å². The minimum atomic E-state index is -0.00396. The SMILES string of the molecule is CC1=C(N(c2ccccc2)c2ccccc2)C(=C(C#N)C#N)C(N(c2ccccc2)c2ccccc2)=C(C)O1. The molecule has 0 bridgehead atoms. The van der Waals surface area contributed by atoms with Gasteiger partial charge in [0.25, 0.3) is 0 Å². The summed E-state index contributed by atoms with van der Waals surface area (Å²) in [6, 6.07) is 43.9. The zero-order valence-electron chi connectivity index (χ0n) is 21.7. The van der Waals surface area contributed by atoms with Gasteiger partial charge in [0, 0.05) is 22.7 Å². The molecule has 5 nitrogen and oxygen atoms in total. The topological polar surface area (TPSA) is 63.3 Å². The lowest BCUT2D eigenvalue weighted by Gasteiger charge is -2.38. The summed E-state index contributed by atoms with van der Waals surface area (Å²) >= 11 is 0. The second kappa shape index (κ2) is 11.3. The van der Waals surface area contributed by atoms with Crippen molar-refractivity contribution < 1.29 is 4.74 Å². The number of nitrogens with zero attached hydrogens (tertiary/aromatic N) is 4. The van der Waals surface area contributed by atoms with Crippen molar-refractivity contribution in [2.75, 3.05) is 9.80 Å². The smallest absolute Gasteiger partial charge is 0.141 e. The van der Waals surface area contributed by atoms with E-state index in [-0.39, 0.29) is 5.57 Å². The number of allylic oxidation sites excluding steroid dienone is 3. The lowest BCUT2D eigenvalue weighted by atomic mass is 9.95. The van der Waals surface area contributed by atoms with E-state index in [1.165, 1.54) is 0 Å². The van der Waals surface area contributed by atoms with Crippen LogP contribution in [0.5, 0.6) is 0 Å². The third-order valence-corrected chi connectivity index (χ3v) is 6.43. The van der Waals surface area contributed by atoms with Crippen molar-refractivity contribution in [2.24, 2.45) is 0 Å². The minimum Gasteiger partial charge on any atom is -0.462 e. The molecule has 188 valence electrons. The molecule has 4 aromatic carbocycles. The quantitative estimate of drug-likeness (QED) is 0.245. The summed E-state index contributed by atoms with van der Waals surface area (Å²) in [4.78, 5) is 4.08. The molecular formula is C34H26N4O. The third kappa shape index (κ3) is 4.90. The summed E-state index contributed by atoms with van der Waals surface area (Å²) in [5.41, 5.74) is 5.25. The molecule has 4 aromatic rings. The van der Waals surface area contributed by atoms with Gasteiger partial charge in [-0.1, -0.05) is 72.8 Å². The molecule has 0 fully saturated rings. The molecule has 0 aromatic heterocycles. The van der Waals surface area contributed by atoms with Crippen LogP contribution in [-0.4, -0.2) is 0 Å². The van der Waals surface area contributed by atoms with Crippen LogP contribution in [0.3, 0.4) is 0 Å². The second-order valence-electron chi connectivity index (χ2n) is 8.90. The molecule has 39 heavy (non-hydrogen) atoms. The maximum absolute atomic E-state index is 10.3. The second-order valence-corrected chi connectivity index (χ2v) is 8.90. The number of hydrogen-bond donors (Lipinski definition) is 0. The van der Waals surface area contributed by atoms with Crippen molar-refractivity contribution in [3.05, 3.63) is 155 Å². The molecule has 5 heteroatoms. The maximum atomic E-state index is 10.3. The van der Waals surface area contributed by atoms with Crippen LogP contribution in [-0.2, 0) is 4.74 Å². The Kier molecular flexibility index (Phi) is 7.26. The highest BCUT2D eigenvalue weighted by atomic mass is 16.5. The Morgan fingerprint density at radius 3 is 1.05 bits per heavy atom. The molecule has 1 heterocycles. The van der Waals surface area contributed by atoms with Gasteiger partial charge in [0.05, 0.1) is 17.0 Å². The average Bonchev–Trinajstić information content (AvgIpc) is 2.99. The molecular weight excluding hydrogens is 480 g/mol. The van der Waals surface area contributed by atoms with E-state index >= 15 is 0 Å². The molecule has 1 aliphatic rings. The fraction of sp³-hybridized carbons (Fsp3) is 0.0588. The fourth-order valence-corrected chi connectivity index (χ4v) is 4.83. The molecule has 0 aliphatic carbocycles. The number of ether oxygens (including phenoxy) is 1. The molecule has 0 radical (unpaired) electrons. The van der Waals surface area contributed by atoms with E-state index in [1.807, 2.05) is 145 Å². The predicted molar refractivity (Wildman–Crippen MR) is 155 cm³/mol. The Bertz CT molecular complexity index is 1440. The Balaban J connectivity index is 1.83. The number of rotatable bonds is 6. The van der Waals surface area contributed by atoms with Gasteiger partial charge in [-0.15, -0.1) is 0 Å². The van der Waals surface area contributed by atoms with E-state index in [9.17, 15) is 10.5 Å². The van der Waals surface area contributed by atoms with Crippen molar-refractivity contribution in [2.45, 2.75) is 13.8 Å². The summed E-state index contributed by atoms with van der Waals surface area (Å²) in [6.07, 6.45) is 0. The fourth-order valence-electron chi connectivity index (χ4n) is 4.83. The number of benzene rings is 4. The zero-order chi connectivity index (χ0) is 27.2. The normalized spacial score (nSPS) is 12.8. The highest BCUT2D eigenvalue weighted by molar-refractivity contribution is 5.81. The van der Waals surface area contributed by atoms with Crippen LogP contribution in [0.2, 0.25) is 0 Å². The van der Waals surface area contributed by atoms with Gasteiger partial charge in [0.15, 0.2) is 0 Å². The number of nitriles is 2. The summed E-state index contributed by atoms with van der Waals surface area (Å²) in [6.45, 7) is 3.74. The lowest BCUT2D eigenvalue weighted by molar-refractivity contribution is 0.293. The summed E-state index contributed by atoms with van der Waals surface area (Å²) in [5.74, 6) is 1.17. The Morgan fingerprint density at radius 2 is 0.795 bits per heavy atom. The van der Waals surface area contributed by atoms with E-state index < -0.39 is 0 Å². The van der Waals surface area contributed by atoms with Gasteiger partial charge >= 0.3 is 0 Å². The predicted octanol–water partition coefficient (Wildman–Crippen LogP) is 8.50. The van der Waals surface area contributed by atoms with Gasteiger partial charge in [0.2, 0.25) is 0 Å². The largest absolute Gasteiger partial charge is 0.462 e. The Morgan fingerprint density at radius 1 is 0.513 bits per heavy atom. The number of para-hydroxylation sites is 4. The highest BCUT2D eigenvalue weighted by Crippen LogP contribution is 2.46. The van der Waals surface area contributed by atoms with Crippen molar-refractivity contribution in [1.29, 1.82) is 10.5 Å². The first-order valence-corrected chi connectivity index (χ1v) is 12.6. The first kappa shape index (κ1) is 25.1. The van der Waals surface area contributed by atoms with E-state index in [0.29, 0.717) is 28.5 Å². The van der Waals surface area contributed by atoms with Gasteiger partial charge in [-0.2, -0.15) is 10.5 Å². The minimum absolute atomic E-state index is 0.00396. The van der Waals surface area contributed by atoms with Gasteiger partial charge in [-0.25, -0.2) is 0 Å². The maximum Gasteiger partial charge on any atom is 0.141 e.